The number of aromatic carboxylic acids is 1. The van der Waals surface area contributed by atoms with Gasteiger partial charge in [-0.1, -0.05) is 36.4 Å². The minimum atomic E-state index is -0.865. The van der Waals surface area contributed by atoms with E-state index in [4.69, 9.17) is 10.8 Å². The minimum absolute atomic E-state index is 0.0641. The van der Waals surface area contributed by atoms with Gasteiger partial charge in [-0.3, -0.25) is 14.6 Å². The lowest BCUT2D eigenvalue weighted by molar-refractivity contribution is 0.0696. The molecule has 2 fully saturated rings. The van der Waals surface area contributed by atoms with E-state index >= 15 is 0 Å². The van der Waals surface area contributed by atoms with Crippen molar-refractivity contribution in [3.05, 3.63) is 125 Å². The van der Waals surface area contributed by atoms with Gasteiger partial charge in [-0.25, -0.2) is 4.79 Å². The molecule has 11 heteroatoms. The maximum absolute atomic E-state index is 12.4. The van der Waals surface area contributed by atoms with Crippen LogP contribution in [0.3, 0.4) is 0 Å². The first-order valence-electron chi connectivity index (χ1n) is 17.2. The van der Waals surface area contributed by atoms with Crippen molar-refractivity contribution in [1.82, 2.24) is 19.6 Å². The summed E-state index contributed by atoms with van der Waals surface area (Å²) in [4.78, 5) is 32.7. The van der Waals surface area contributed by atoms with Crippen molar-refractivity contribution >= 4 is 68.4 Å². The van der Waals surface area contributed by atoms with Crippen LogP contribution in [0.25, 0.3) is 0 Å². The first kappa shape index (κ1) is 40.7. The highest BCUT2D eigenvalue weighted by Gasteiger charge is 2.15. The molecule has 272 valence electrons. The predicted molar refractivity (Wildman–Crippen MR) is 226 cm³/mol. The molecule has 9 nitrogen and oxygen atoms in total. The molecule has 0 bridgehead atoms. The third kappa shape index (κ3) is 13.8. The normalized spacial score (nSPS) is 15.6. The second-order valence-electron chi connectivity index (χ2n) is 13.3. The molecule has 2 saturated heterocycles. The third-order valence-corrected chi connectivity index (χ3v) is 11.4. The molecule has 0 atom stereocenters. The number of carbonyl (C=O) groups excluding carboxylic acids is 1. The van der Waals surface area contributed by atoms with Gasteiger partial charge >= 0.3 is 5.97 Å². The van der Waals surface area contributed by atoms with E-state index in [0.717, 1.165) is 80.4 Å². The Bertz CT molecular complexity index is 1720. The number of hydrogen-bond donors (Lipinski definition) is 3. The Morgan fingerprint density at radius 3 is 1.49 bits per heavy atom. The molecule has 51 heavy (non-hydrogen) atoms. The largest absolute Gasteiger partial charge is 0.478 e. The number of carboxylic acid groups (broad SMARTS) is 1. The van der Waals surface area contributed by atoms with E-state index in [1.807, 2.05) is 60.7 Å². The molecule has 4 aromatic rings. The van der Waals surface area contributed by atoms with E-state index in [2.05, 4.69) is 110 Å². The summed E-state index contributed by atoms with van der Waals surface area (Å²) >= 11 is 4.55. The van der Waals surface area contributed by atoms with Crippen molar-refractivity contribution in [1.29, 1.82) is 0 Å². The zero-order chi connectivity index (χ0) is 36.9. The molecule has 0 unspecified atom stereocenters. The summed E-state index contributed by atoms with van der Waals surface area (Å²) in [5.41, 5.74) is 13.2. The number of benzene rings is 4. The molecule has 4 N–H and O–H groups in total. The number of nitrogen functional groups attached to an aromatic ring is 1. The Morgan fingerprint density at radius 1 is 0.647 bits per heavy atom. The molecule has 0 radical (unpaired) electrons. The SMILES string of the molecule is CN1CCN(Cc2ccc(C(=O)O)cc2)CC1.Cc1ccc(N)cc1I.Cc1ccc(NC(=O)c2ccc(CN3CCN(C)CC3)cc2)cc1I. The lowest BCUT2D eigenvalue weighted by atomic mass is 10.1. The van der Waals surface area contributed by atoms with E-state index in [0.29, 0.717) is 11.1 Å². The van der Waals surface area contributed by atoms with E-state index < -0.39 is 5.97 Å². The molecule has 0 saturated carbocycles. The standard InChI is InChI=1S/C20H24IN3O.C13H18N2O2.C7H8IN/c1-15-3-8-18(13-19(15)21)22-20(25)17-6-4-16(5-7-17)14-24-11-9-23(2)10-12-24;1-14-6-8-15(9-7-14)10-11-2-4-12(5-3-11)13(16)17;1-5-2-3-6(9)4-7(5)8/h3-8,13H,9-12,14H2,1-2H3,(H,22,25);2-5H,6-10H2,1H3,(H,16,17);2-4H,9H2,1H3. The topological polar surface area (TPSA) is 105 Å². The van der Waals surface area contributed by atoms with Gasteiger partial charge in [0.1, 0.15) is 0 Å². The zero-order valence-electron chi connectivity index (χ0n) is 30.0. The number of rotatable bonds is 7. The Labute approximate surface area is 330 Å². The van der Waals surface area contributed by atoms with Gasteiger partial charge < -0.3 is 26.0 Å². The van der Waals surface area contributed by atoms with Gasteiger partial charge in [-0.2, -0.15) is 0 Å². The molecular weight excluding hydrogens is 866 g/mol. The average molecular weight is 917 g/mol. The molecule has 0 spiro atoms. The molecule has 6 rings (SSSR count). The quantitative estimate of drug-likeness (QED) is 0.136. The number of likely N-dealkylation sites (N-methyl/N-ethyl adjacent to an activating group) is 2. The fraction of sp³-hybridized carbons (Fsp3) is 0.350. The van der Waals surface area contributed by atoms with Gasteiger partial charge in [-0.15, -0.1) is 0 Å². The van der Waals surface area contributed by atoms with Crippen LogP contribution in [-0.2, 0) is 13.1 Å². The second kappa shape index (κ2) is 20.2. The Hall–Kier alpha value is -3.08. The van der Waals surface area contributed by atoms with Crippen LogP contribution in [-0.4, -0.2) is 103 Å². The molecule has 0 aromatic heterocycles. The predicted octanol–water partition coefficient (Wildman–Crippen LogP) is 6.91. The molecule has 2 aliphatic rings. The van der Waals surface area contributed by atoms with Gasteiger partial charge in [-0.05, 0) is 144 Å². The smallest absolute Gasteiger partial charge is 0.335 e. The number of nitrogens with one attached hydrogen (secondary N) is 1. The molecule has 0 aliphatic carbocycles. The third-order valence-electron chi connectivity index (χ3n) is 9.05. The van der Waals surface area contributed by atoms with Crippen molar-refractivity contribution in [3.63, 3.8) is 0 Å². The van der Waals surface area contributed by atoms with E-state index in [9.17, 15) is 9.59 Å². The lowest BCUT2D eigenvalue weighted by Crippen LogP contribution is -2.43. The van der Waals surface area contributed by atoms with Gasteiger partial charge in [0.05, 0.1) is 5.56 Å². The summed E-state index contributed by atoms with van der Waals surface area (Å²) in [5.74, 6) is -0.929. The maximum atomic E-state index is 12.4. The Kier molecular flexibility index (Phi) is 16.1. The molecule has 2 aliphatic heterocycles. The number of amides is 1. The van der Waals surface area contributed by atoms with Crippen molar-refractivity contribution in [2.24, 2.45) is 0 Å². The van der Waals surface area contributed by atoms with Crippen molar-refractivity contribution < 1.29 is 14.7 Å². The van der Waals surface area contributed by atoms with E-state index in [-0.39, 0.29) is 5.91 Å². The van der Waals surface area contributed by atoms with E-state index in [1.54, 1.807) is 12.1 Å². The highest BCUT2D eigenvalue weighted by Crippen LogP contribution is 2.19. The fourth-order valence-electron chi connectivity index (χ4n) is 5.53. The summed E-state index contributed by atoms with van der Waals surface area (Å²) in [7, 11) is 4.30. The summed E-state index contributed by atoms with van der Waals surface area (Å²) in [6.07, 6.45) is 0. The Balaban J connectivity index is 0.000000192. The number of hydrogen-bond acceptors (Lipinski definition) is 7. The maximum Gasteiger partial charge on any atom is 0.335 e. The van der Waals surface area contributed by atoms with Crippen LogP contribution in [0.2, 0.25) is 0 Å². The summed E-state index contributed by atoms with van der Waals surface area (Å²) in [5, 5.41) is 11.8. The number of carbonyl (C=O) groups is 2. The zero-order valence-corrected chi connectivity index (χ0v) is 34.4. The highest BCUT2D eigenvalue weighted by molar-refractivity contribution is 14.1. The van der Waals surface area contributed by atoms with Crippen LogP contribution in [0.5, 0.6) is 0 Å². The van der Waals surface area contributed by atoms with Crippen molar-refractivity contribution in [2.45, 2.75) is 26.9 Å². The van der Waals surface area contributed by atoms with Crippen LogP contribution >= 0.6 is 45.2 Å². The first-order valence-corrected chi connectivity index (χ1v) is 19.3. The monoisotopic (exact) mass is 916 g/mol. The minimum Gasteiger partial charge on any atom is -0.478 e. The van der Waals surface area contributed by atoms with Crippen LogP contribution < -0.4 is 11.1 Å². The molecule has 2 heterocycles. The number of nitrogens with two attached hydrogens (primary N) is 1. The van der Waals surface area contributed by atoms with Gasteiger partial charge in [0.25, 0.3) is 5.91 Å². The van der Waals surface area contributed by atoms with Gasteiger partial charge in [0.15, 0.2) is 0 Å². The summed E-state index contributed by atoms with van der Waals surface area (Å²) in [6, 6.07) is 27.0. The van der Waals surface area contributed by atoms with Crippen LogP contribution in [0.4, 0.5) is 11.4 Å². The molecular formula is C40H50I2N6O3. The number of carboxylic acids is 1. The number of halogens is 2. The second-order valence-corrected chi connectivity index (χ2v) is 15.6. The highest BCUT2D eigenvalue weighted by atomic mass is 127. The number of piperazine rings is 2. The number of aryl methyl sites for hydroxylation is 2. The lowest BCUT2D eigenvalue weighted by Gasteiger charge is -2.32. The van der Waals surface area contributed by atoms with Gasteiger partial charge in [0, 0.05) is 89.5 Å². The number of anilines is 2. The van der Waals surface area contributed by atoms with Crippen LogP contribution in [0.15, 0.2) is 84.9 Å². The molecule has 1 amide bonds. The Morgan fingerprint density at radius 2 is 1.08 bits per heavy atom. The fourth-order valence-corrected chi connectivity index (χ4v) is 6.58. The van der Waals surface area contributed by atoms with Crippen molar-refractivity contribution in [2.75, 3.05) is 77.5 Å². The summed E-state index contributed by atoms with van der Waals surface area (Å²) in [6.45, 7) is 14.8. The number of nitrogens with zero attached hydrogens (tertiary/aromatic N) is 4. The first-order chi connectivity index (χ1) is 24.4. The van der Waals surface area contributed by atoms with Crippen LogP contribution in [0, 0.1) is 21.0 Å². The average Bonchev–Trinajstić information content (AvgIpc) is 3.11. The van der Waals surface area contributed by atoms with Crippen LogP contribution in [0.1, 0.15) is 43.0 Å². The summed E-state index contributed by atoms with van der Waals surface area (Å²) < 4.78 is 2.38. The van der Waals surface area contributed by atoms with E-state index in [1.165, 1.54) is 25.8 Å². The van der Waals surface area contributed by atoms with Gasteiger partial charge in [0.2, 0.25) is 0 Å². The van der Waals surface area contributed by atoms with Crippen molar-refractivity contribution in [3.8, 4) is 0 Å². The molecule has 4 aromatic carbocycles.